The van der Waals surface area contributed by atoms with Gasteiger partial charge in [-0.05, 0) is 53.6 Å². The van der Waals surface area contributed by atoms with Gasteiger partial charge in [-0.25, -0.2) is 0 Å². The van der Waals surface area contributed by atoms with E-state index in [9.17, 15) is 0 Å². The van der Waals surface area contributed by atoms with Gasteiger partial charge in [-0.15, -0.1) is 0 Å². The van der Waals surface area contributed by atoms with Crippen LogP contribution < -0.4 is 0 Å². The lowest BCUT2D eigenvalue weighted by atomic mass is 10.0. The van der Waals surface area contributed by atoms with Crippen molar-refractivity contribution in [1.29, 1.82) is 0 Å². The van der Waals surface area contributed by atoms with Crippen molar-refractivity contribution in [2.24, 2.45) is 0 Å². The fraction of sp³-hybridized carbons (Fsp3) is 0. The summed E-state index contributed by atoms with van der Waals surface area (Å²) in [6, 6.07) is 62.8. The molecule has 0 saturated carbocycles. The number of hydrogen-bond donors (Lipinski definition) is 0. The molecule has 0 spiro atoms. The van der Waals surface area contributed by atoms with Crippen molar-refractivity contribution in [3.8, 4) is 22.9 Å². The summed E-state index contributed by atoms with van der Waals surface area (Å²) < 4.78 is 13.7. The molecular formula is C52H29N5O. The van der Waals surface area contributed by atoms with Gasteiger partial charge in [0.15, 0.2) is 5.82 Å². The Balaban J connectivity index is 1.19. The van der Waals surface area contributed by atoms with E-state index in [4.69, 9.17) is 14.4 Å². The van der Waals surface area contributed by atoms with Crippen LogP contribution in [0.3, 0.4) is 0 Å². The third-order valence-corrected chi connectivity index (χ3v) is 12.4. The van der Waals surface area contributed by atoms with E-state index < -0.39 is 0 Å². The standard InChI is InChI=1S/C52H29N5O/c1-2-14-30(15-3-1)31-26-27-35-39-29-38-34-18-6-11-23-42(34)57(49(38)46-36-19-7-12-24-43(36)55(48(39)46)44(35)28-31)50-47-37-20-8-13-25-45(37)58-51(47)54-52(53-50)56-40-21-9-4-16-32(40)33-17-5-10-22-41(33)56/h1-29H. The first-order chi connectivity index (χ1) is 28.8. The summed E-state index contributed by atoms with van der Waals surface area (Å²) in [5.74, 6) is 1.34. The van der Waals surface area contributed by atoms with Crippen LogP contribution in [0.2, 0.25) is 0 Å². The number of rotatable bonds is 3. The number of fused-ring (bicyclic) bond motifs is 16. The Labute approximate surface area is 329 Å². The Morgan fingerprint density at radius 2 is 0.931 bits per heavy atom. The zero-order chi connectivity index (χ0) is 37.6. The number of nitrogens with zero attached hydrogens (tertiary/aromatic N) is 5. The molecule has 0 fully saturated rings. The van der Waals surface area contributed by atoms with Gasteiger partial charge in [0.2, 0.25) is 11.7 Å². The Hall–Kier alpha value is -7.96. The van der Waals surface area contributed by atoms with Gasteiger partial charge in [0.05, 0.1) is 44.0 Å². The number of furan rings is 1. The van der Waals surface area contributed by atoms with Crippen LogP contribution in [-0.2, 0) is 0 Å². The highest BCUT2D eigenvalue weighted by atomic mass is 16.3. The second kappa shape index (κ2) is 10.9. The van der Waals surface area contributed by atoms with Crippen molar-refractivity contribution in [3.63, 3.8) is 0 Å². The number of hydrogen-bond acceptors (Lipinski definition) is 3. The number of benzene rings is 8. The molecule has 0 N–H and O–H groups in total. The molecule has 14 aromatic rings. The molecule has 0 unspecified atom stereocenters. The highest BCUT2D eigenvalue weighted by molar-refractivity contribution is 6.34. The maximum Gasteiger partial charge on any atom is 0.240 e. The van der Waals surface area contributed by atoms with Gasteiger partial charge in [0.1, 0.15) is 5.58 Å². The maximum atomic E-state index is 6.68. The Morgan fingerprint density at radius 1 is 0.362 bits per heavy atom. The molecule has 0 radical (unpaired) electrons. The first kappa shape index (κ1) is 30.3. The molecule has 6 heterocycles. The Bertz CT molecular complexity index is 3980. The topological polar surface area (TPSA) is 53.2 Å². The summed E-state index contributed by atoms with van der Waals surface area (Å²) in [4.78, 5) is 10.9. The molecule has 0 saturated heterocycles. The van der Waals surface area contributed by atoms with Crippen LogP contribution in [-0.4, -0.2) is 23.5 Å². The summed E-state index contributed by atoms with van der Waals surface area (Å²) >= 11 is 0. The molecule has 0 atom stereocenters. The Morgan fingerprint density at radius 3 is 1.67 bits per heavy atom. The SMILES string of the molecule is c1ccc(-c2ccc3c4cc5c6ccccc6n(-c6nc(-n7c8ccccc8c8ccccc87)nc7oc8ccccc8c67)c5c5c6ccccc6n(c3c2)c45)cc1. The summed E-state index contributed by atoms with van der Waals surface area (Å²) in [7, 11) is 0. The zero-order valence-electron chi connectivity index (χ0n) is 30.9. The number of aromatic nitrogens is 5. The molecule has 0 aliphatic heterocycles. The second-order valence-corrected chi connectivity index (χ2v) is 15.3. The van der Waals surface area contributed by atoms with Crippen LogP contribution >= 0.6 is 0 Å². The van der Waals surface area contributed by atoms with Gasteiger partial charge in [-0.2, -0.15) is 9.97 Å². The van der Waals surface area contributed by atoms with Gasteiger partial charge in [0.25, 0.3) is 0 Å². The van der Waals surface area contributed by atoms with E-state index in [1.54, 1.807) is 0 Å². The molecule has 14 rings (SSSR count). The summed E-state index contributed by atoms with van der Waals surface area (Å²) in [6.07, 6.45) is 0. The van der Waals surface area contributed by atoms with E-state index in [0.717, 1.165) is 55.0 Å². The molecular weight excluding hydrogens is 711 g/mol. The predicted octanol–water partition coefficient (Wildman–Crippen LogP) is 13.4. The van der Waals surface area contributed by atoms with E-state index in [-0.39, 0.29) is 0 Å². The minimum absolute atomic E-state index is 0.550. The average molecular weight is 740 g/mol. The van der Waals surface area contributed by atoms with Gasteiger partial charge >= 0.3 is 0 Å². The molecule has 8 aromatic carbocycles. The first-order valence-electron chi connectivity index (χ1n) is 19.7. The fourth-order valence-electron chi connectivity index (χ4n) is 10.0. The smallest absolute Gasteiger partial charge is 0.240 e. The third kappa shape index (κ3) is 3.76. The maximum absolute atomic E-state index is 6.68. The molecule has 0 amide bonds. The van der Waals surface area contributed by atoms with Crippen LogP contribution in [0.5, 0.6) is 0 Å². The lowest BCUT2D eigenvalue weighted by Crippen LogP contribution is -2.06. The molecule has 6 nitrogen and oxygen atoms in total. The molecule has 0 bridgehead atoms. The van der Waals surface area contributed by atoms with Crippen LogP contribution in [0.25, 0.3) is 127 Å². The summed E-state index contributed by atoms with van der Waals surface area (Å²) in [6.45, 7) is 0. The van der Waals surface area contributed by atoms with E-state index in [1.165, 1.54) is 60.0 Å². The highest BCUT2D eigenvalue weighted by Gasteiger charge is 2.28. The molecule has 58 heavy (non-hydrogen) atoms. The average Bonchev–Trinajstić information content (AvgIpc) is 4.08. The van der Waals surface area contributed by atoms with Gasteiger partial charge in [0, 0.05) is 48.5 Å². The van der Waals surface area contributed by atoms with E-state index in [2.05, 4.69) is 177 Å². The van der Waals surface area contributed by atoms with E-state index in [0.29, 0.717) is 11.7 Å². The van der Waals surface area contributed by atoms with Crippen molar-refractivity contribution < 1.29 is 4.42 Å². The van der Waals surface area contributed by atoms with Gasteiger partial charge in [-0.3, -0.25) is 9.13 Å². The van der Waals surface area contributed by atoms with E-state index in [1.807, 2.05) is 12.1 Å². The first-order valence-corrected chi connectivity index (χ1v) is 19.7. The third-order valence-electron chi connectivity index (χ3n) is 12.4. The van der Waals surface area contributed by atoms with E-state index >= 15 is 0 Å². The molecule has 0 aliphatic rings. The minimum Gasteiger partial charge on any atom is -0.437 e. The highest BCUT2D eigenvalue weighted by Crippen LogP contribution is 2.48. The van der Waals surface area contributed by atoms with Crippen molar-refractivity contribution in [1.82, 2.24) is 23.5 Å². The van der Waals surface area contributed by atoms with Crippen molar-refractivity contribution in [3.05, 3.63) is 176 Å². The number of para-hydroxylation sites is 5. The molecule has 6 aromatic heterocycles. The normalized spacial score (nSPS) is 12.5. The summed E-state index contributed by atoms with van der Waals surface area (Å²) in [5, 5.41) is 11.4. The largest absolute Gasteiger partial charge is 0.437 e. The molecule has 268 valence electrons. The lowest BCUT2D eigenvalue weighted by molar-refractivity contribution is 0.650. The van der Waals surface area contributed by atoms with Gasteiger partial charge in [-0.1, -0.05) is 133 Å². The van der Waals surface area contributed by atoms with Crippen LogP contribution in [0, 0.1) is 0 Å². The van der Waals surface area contributed by atoms with Crippen molar-refractivity contribution >= 4 is 104 Å². The molecule has 0 aliphatic carbocycles. The van der Waals surface area contributed by atoms with Gasteiger partial charge < -0.3 is 8.82 Å². The second-order valence-electron chi connectivity index (χ2n) is 15.3. The molecule has 6 heteroatoms. The fourth-order valence-corrected chi connectivity index (χ4v) is 10.0. The summed E-state index contributed by atoms with van der Waals surface area (Å²) in [5.41, 5.74) is 11.6. The van der Waals surface area contributed by atoms with Crippen LogP contribution in [0.15, 0.2) is 180 Å². The lowest BCUT2D eigenvalue weighted by Gasteiger charge is -2.13. The quantitative estimate of drug-likeness (QED) is 0.181. The van der Waals surface area contributed by atoms with Crippen molar-refractivity contribution in [2.45, 2.75) is 0 Å². The monoisotopic (exact) mass is 739 g/mol. The minimum atomic E-state index is 0.550. The van der Waals surface area contributed by atoms with Crippen LogP contribution in [0.1, 0.15) is 0 Å². The van der Waals surface area contributed by atoms with Crippen molar-refractivity contribution in [2.75, 3.05) is 0 Å². The van der Waals surface area contributed by atoms with Crippen LogP contribution in [0.4, 0.5) is 0 Å². The predicted molar refractivity (Wildman–Crippen MR) is 238 cm³/mol. The Kier molecular flexibility index (Phi) is 5.68. The zero-order valence-corrected chi connectivity index (χ0v) is 30.9.